The third kappa shape index (κ3) is 7.67. The van der Waals surface area contributed by atoms with Crippen LogP contribution in [-0.2, 0) is 22.7 Å². The molecule has 0 spiro atoms. The quantitative estimate of drug-likeness (QED) is 0.320. The molecular weight excluding hydrogens is 489 g/mol. The number of nitrogens with one attached hydrogen (secondary N) is 2. The summed E-state index contributed by atoms with van der Waals surface area (Å²) in [5.41, 5.74) is 2.22. The highest BCUT2D eigenvalue weighted by Gasteiger charge is 2.06. The fourth-order valence-corrected chi connectivity index (χ4v) is 3.30. The number of guanidine groups is 1. The summed E-state index contributed by atoms with van der Waals surface area (Å²) >= 11 is 0. The van der Waals surface area contributed by atoms with Crippen LogP contribution in [0.4, 0.5) is 0 Å². The summed E-state index contributed by atoms with van der Waals surface area (Å²) in [6.45, 7) is 1.44. The summed E-state index contributed by atoms with van der Waals surface area (Å²) < 4.78 is 28.3. The molecular formula is C20H28IN3O3S. The maximum absolute atomic E-state index is 11.5. The average Bonchev–Trinajstić information content (AvgIpc) is 2.66. The third-order valence-electron chi connectivity index (χ3n) is 4.16. The molecule has 0 fully saturated rings. The lowest BCUT2D eigenvalue weighted by molar-refractivity contribution is 0.409. The average molecular weight is 517 g/mol. The van der Waals surface area contributed by atoms with Gasteiger partial charge >= 0.3 is 0 Å². The zero-order chi connectivity index (χ0) is 19.7. The first-order valence-corrected chi connectivity index (χ1v) is 10.7. The summed E-state index contributed by atoms with van der Waals surface area (Å²) in [5, 5.41) is 6.56. The molecule has 2 aromatic rings. The highest BCUT2D eigenvalue weighted by molar-refractivity contribution is 14.0. The van der Waals surface area contributed by atoms with Gasteiger partial charge in [0.05, 0.1) is 12.0 Å². The largest absolute Gasteiger partial charge is 0.496 e. The van der Waals surface area contributed by atoms with E-state index in [0.717, 1.165) is 42.2 Å². The van der Waals surface area contributed by atoms with Crippen LogP contribution in [0, 0.1) is 0 Å². The molecule has 154 valence electrons. The molecule has 0 saturated carbocycles. The minimum absolute atomic E-state index is 0. The number of benzene rings is 2. The van der Waals surface area contributed by atoms with Crippen LogP contribution in [0.2, 0.25) is 0 Å². The minimum Gasteiger partial charge on any atom is -0.496 e. The van der Waals surface area contributed by atoms with Gasteiger partial charge in [0, 0.05) is 26.4 Å². The molecule has 2 N–H and O–H groups in total. The molecule has 0 amide bonds. The smallest absolute Gasteiger partial charge is 0.190 e. The van der Waals surface area contributed by atoms with E-state index >= 15 is 0 Å². The lowest BCUT2D eigenvalue weighted by atomic mass is 10.1. The summed E-state index contributed by atoms with van der Waals surface area (Å²) in [6, 6.07) is 14.9. The van der Waals surface area contributed by atoms with Gasteiger partial charge in [-0.1, -0.05) is 30.3 Å². The normalized spacial score (nSPS) is 11.5. The van der Waals surface area contributed by atoms with Gasteiger partial charge in [-0.2, -0.15) is 0 Å². The molecule has 28 heavy (non-hydrogen) atoms. The molecule has 6 nitrogen and oxygen atoms in total. The van der Waals surface area contributed by atoms with E-state index in [1.165, 1.54) is 6.26 Å². The van der Waals surface area contributed by atoms with Crippen LogP contribution in [0.15, 0.2) is 58.4 Å². The molecule has 0 aliphatic carbocycles. The van der Waals surface area contributed by atoms with E-state index in [9.17, 15) is 8.42 Å². The number of hydrogen-bond donors (Lipinski definition) is 2. The van der Waals surface area contributed by atoms with Crippen LogP contribution in [0.5, 0.6) is 5.75 Å². The Hall–Kier alpha value is -1.81. The van der Waals surface area contributed by atoms with Crippen LogP contribution in [0.1, 0.15) is 11.1 Å². The van der Waals surface area contributed by atoms with Crippen LogP contribution in [-0.4, -0.2) is 47.9 Å². The van der Waals surface area contributed by atoms with Crippen molar-refractivity contribution >= 4 is 39.8 Å². The van der Waals surface area contributed by atoms with Gasteiger partial charge in [0.1, 0.15) is 5.75 Å². The van der Waals surface area contributed by atoms with Crippen LogP contribution >= 0.6 is 24.0 Å². The lowest BCUT2D eigenvalue weighted by Crippen LogP contribution is -2.39. The van der Waals surface area contributed by atoms with E-state index < -0.39 is 9.84 Å². The molecule has 0 bridgehead atoms. The Morgan fingerprint density at radius 2 is 1.61 bits per heavy atom. The highest BCUT2D eigenvalue weighted by atomic mass is 127. The van der Waals surface area contributed by atoms with Crippen molar-refractivity contribution in [3.8, 4) is 5.75 Å². The van der Waals surface area contributed by atoms with E-state index in [-0.39, 0.29) is 24.0 Å². The SMILES string of the molecule is CN=C(NCCc1ccc(S(C)(=O)=O)cc1)NCCc1ccccc1OC.I. The summed E-state index contributed by atoms with van der Waals surface area (Å²) in [5.74, 6) is 1.62. The topological polar surface area (TPSA) is 79.8 Å². The molecule has 2 aromatic carbocycles. The van der Waals surface area contributed by atoms with Gasteiger partial charge < -0.3 is 15.4 Å². The van der Waals surface area contributed by atoms with Crippen molar-refractivity contribution in [2.24, 2.45) is 4.99 Å². The first-order chi connectivity index (χ1) is 12.9. The summed E-state index contributed by atoms with van der Waals surface area (Å²) in [6.07, 6.45) is 2.82. The van der Waals surface area contributed by atoms with Gasteiger partial charge in [-0.05, 0) is 42.2 Å². The number of methoxy groups -OCH3 is 1. The van der Waals surface area contributed by atoms with E-state index in [1.54, 1.807) is 26.3 Å². The first-order valence-electron chi connectivity index (χ1n) is 8.79. The number of para-hydroxylation sites is 1. The second-order valence-electron chi connectivity index (χ2n) is 6.15. The number of sulfone groups is 1. The van der Waals surface area contributed by atoms with Crippen molar-refractivity contribution in [3.63, 3.8) is 0 Å². The maximum atomic E-state index is 11.5. The Morgan fingerprint density at radius 3 is 2.18 bits per heavy atom. The van der Waals surface area contributed by atoms with Crippen LogP contribution < -0.4 is 15.4 Å². The number of halogens is 1. The molecule has 0 saturated heterocycles. The van der Waals surface area contributed by atoms with E-state index in [0.29, 0.717) is 11.4 Å². The van der Waals surface area contributed by atoms with Crippen molar-refractivity contribution in [1.82, 2.24) is 10.6 Å². The van der Waals surface area contributed by atoms with Gasteiger partial charge in [0.25, 0.3) is 0 Å². The maximum Gasteiger partial charge on any atom is 0.190 e. The molecule has 8 heteroatoms. The molecule has 0 heterocycles. The predicted molar refractivity (Wildman–Crippen MR) is 125 cm³/mol. The zero-order valence-corrected chi connectivity index (χ0v) is 19.6. The standard InChI is InChI=1S/C20H27N3O3S.HI/c1-21-20(23-15-13-17-6-4-5-7-19(17)26-2)22-14-12-16-8-10-18(11-9-16)27(3,24)25;/h4-11H,12-15H2,1-3H3,(H2,21,22,23);1H. The van der Waals surface area contributed by atoms with Gasteiger partial charge in [-0.25, -0.2) is 8.42 Å². The van der Waals surface area contributed by atoms with E-state index in [1.807, 2.05) is 30.3 Å². The van der Waals surface area contributed by atoms with Gasteiger partial charge in [-0.15, -0.1) is 24.0 Å². The molecule has 0 aliphatic heterocycles. The molecule has 0 atom stereocenters. The predicted octanol–water partition coefficient (Wildman–Crippen LogP) is 2.67. The fraction of sp³-hybridized carbons (Fsp3) is 0.350. The molecule has 0 aromatic heterocycles. The van der Waals surface area contributed by atoms with Crippen LogP contribution in [0.3, 0.4) is 0 Å². The Kier molecular flexibility index (Phi) is 10.3. The van der Waals surface area contributed by atoms with Crippen molar-refractivity contribution in [3.05, 3.63) is 59.7 Å². The molecule has 0 aliphatic rings. The zero-order valence-electron chi connectivity index (χ0n) is 16.4. The third-order valence-corrected chi connectivity index (χ3v) is 5.29. The number of ether oxygens (including phenoxy) is 1. The summed E-state index contributed by atoms with van der Waals surface area (Å²) in [4.78, 5) is 4.56. The van der Waals surface area contributed by atoms with Gasteiger partial charge in [-0.3, -0.25) is 4.99 Å². The van der Waals surface area contributed by atoms with Gasteiger partial charge in [0.15, 0.2) is 15.8 Å². The highest BCUT2D eigenvalue weighted by Crippen LogP contribution is 2.17. The minimum atomic E-state index is -3.15. The van der Waals surface area contributed by atoms with E-state index in [2.05, 4.69) is 21.7 Å². The van der Waals surface area contributed by atoms with Crippen molar-refractivity contribution < 1.29 is 13.2 Å². The van der Waals surface area contributed by atoms with Crippen molar-refractivity contribution in [2.45, 2.75) is 17.7 Å². The monoisotopic (exact) mass is 517 g/mol. The Morgan fingerprint density at radius 1 is 1.00 bits per heavy atom. The van der Waals surface area contributed by atoms with Crippen LogP contribution in [0.25, 0.3) is 0 Å². The number of nitrogens with zero attached hydrogens (tertiary/aromatic N) is 1. The number of rotatable bonds is 8. The molecule has 0 unspecified atom stereocenters. The summed E-state index contributed by atoms with van der Waals surface area (Å²) in [7, 11) is 0.262. The fourth-order valence-electron chi connectivity index (χ4n) is 2.67. The number of aliphatic imine (C=N–C) groups is 1. The van der Waals surface area contributed by atoms with Crippen molar-refractivity contribution in [2.75, 3.05) is 33.5 Å². The van der Waals surface area contributed by atoms with E-state index in [4.69, 9.17) is 4.74 Å². The molecule has 2 rings (SSSR count). The Labute approximate surface area is 184 Å². The first kappa shape index (κ1) is 24.2. The lowest BCUT2D eigenvalue weighted by Gasteiger charge is -2.13. The Bertz CT molecular complexity index is 869. The van der Waals surface area contributed by atoms with Crippen molar-refractivity contribution in [1.29, 1.82) is 0 Å². The second kappa shape index (κ2) is 11.9. The molecule has 0 radical (unpaired) electrons. The number of hydrogen-bond acceptors (Lipinski definition) is 4. The Balaban J connectivity index is 0.00000392. The second-order valence-corrected chi connectivity index (χ2v) is 8.17. The van der Waals surface area contributed by atoms with Gasteiger partial charge in [0.2, 0.25) is 0 Å².